The zero-order valence-electron chi connectivity index (χ0n) is 26.2. The van der Waals surface area contributed by atoms with Crippen LogP contribution in [0.3, 0.4) is 0 Å². The molecule has 0 aromatic heterocycles. The highest BCUT2D eigenvalue weighted by Crippen LogP contribution is 2.44. The van der Waals surface area contributed by atoms with Crippen molar-refractivity contribution in [3.05, 3.63) is 144 Å². The fraction of sp³-hybridized carbons (Fsp3) is 0.256. The lowest BCUT2D eigenvalue weighted by Gasteiger charge is -2.30. The maximum absolute atomic E-state index is 14.2. The molecule has 4 aromatic rings. The molecule has 2 atom stereocenters. The predicted molar refractivity (Wildman–Crippen MR) is 179 cm³/mol. The van der Waals surface area contributed by atoms with Gasteiger partial charge in [-0.1, -0.05) is 136 Å². The van der Waals surface area contributed by atoms with E-state index in [0.717, 1.165) is 33.4 Å². The molecule has 0 fully saturated rings. The molecule has 2 N–H and O–H groups in total. The molecule has 4 aromatic carbocycles. The van der Waals surface area contributed by atoms with Crippen LogP contribution in [-0.4, -0.2) is 43.3 Å². The van der Waals surface area contributed by atoms with E-state index >= 15 is 0 Å². The fourth-order valence-corrected chi connectivity index (χ4v) is 6.15. The summed E-state index contributed by atoms with van der Waals surface area (Å²) in [6, 6.07) is 33.2. The Morgan fingerprint density at radius 2 is 1.26 bits per heavy atom. The molecule has 0 radical (unpaired) electrons. The first-order valence-corrected chi connectivity index (χ1v) is 15.7. The number of alkyl carbamates (subject to hydrolysis) is 1. The number of fused-ring (bicyclic) bond motifs is 3. The molecule has 0 bridgehead atoms. The van der Waals surface area contributed by atoms with Crippen molar-refractivity contribution in [1.29, 1.82) is 0 Å². The highest BCUT2D eigenvalue weighted by molar-refractivity contribution is 5.91. The molecular weight excluding hydrogens is 576 g/mol. The fourth-order valence-electron chi connectivity index (χ4n) is 6.15. The standard InChI is InChI=1S/C39H40N2O5/c1-4-23-45-38(43)34(24-26(2)3)40-37(42)36(35(27-15-7-5-8-16-27)28-17-9-6-10-18-28)41-39(44)46-25-33-31-21-13-11-19-29(31)30-20-12-14-22-32(30)33/h4-22,26,33-36H,1,23-25H2,2-3H3,(H,40,42)(H,41,44)/t34-,36?/m0/s1. The molecule has 2 amide bonds. The van der Waals surface area contributed by atoms with E-state index < -0.39 is 36.0 Å². The second kappa shape index (κ2) is 15.2. The van der Waals surface area contributed by atoms with Crippen molar-refractivity contribution in [1.82, 2.24) is 10.6 Å². The third-order valence-electron chi connectivity index (χ3n) is 8.20. The molecule has 0 heterocycles. The first-order chi connectivity index (χ1) is 22.4. The third-order valence-corrected chi connectivity index (χ3v) is 8.20. The normalized spacial score (nSPS) is 13.3. The third kappa shape index (κ3) is 7.54. The van der Waals surface area contributed by atoms with E-state index in [0.29, 0.717) is 6.42 Å². The zero-order chi connectivity index (χ0) is 32.5. The Labute approximate surface area is 270 Å². The van der Waals surface area contributed by atoms with E-state index in [1.807, 2.05) is 98.8 Å². The lowest BCUT2D eigenvalue weighted by atomic mass is 9.84. The molecule has 5 rings (SSSR count). The number of benzene rings is 4. The summed E-state index contributed by atoms with van der Waals surface area (Å²) < 4.78 is 11.2. The van der Waals surface area contributed by atoms with E-state index in [1.165, 1.54) is 6.08 Å². The number of rotatable bonds is 13. The minimum atomic E-state index is -1.11. The number of ether oxygens (including phenoxy) is 2. The number of esters is 1. The first-order valence-electron chi connectivity index (χ1n) is 15.7. The second-order valence-corrected chi connectivity index (χ2v) is 11.9. The van der Waals surface area contributed by atoms with Gasteiger partial charge >= 0.3 is 12.1 Å². The van der Waals surface area contributed by atoms with Gasteiger partial charge in [0.15, 0.2) is 0 Å². The average molecular weight is 617 g/mol. The molecule has 0 spiro atoms. The van der Waals surface area contributed by atoms with Crippen LogP contribution in [0.1, 0.15) is 54.4 Å². The summed E-state index contributed by atoms with van der Waals surface area (Å²) in [5, 5.41) is 5.77. The number of hydrogen-bond donors (Lipinski definition) is 2. The molecule has 0 saturated heterocycles. The van der Waals surface area contributed by atoms with Crippen LogP contribution >= 0.6 is 0 Å². The average Bonchev–Trinajstić information content (AvgIpc) is 3.40. The monoisotopic (exact) mass is 616 g/mol. The predicted octanol–water partition coefficient (Wildman–Crippen LogP) is 6.99. The van der Waals surface area contributed by atoms with Crippen molar-refractivity contribution in [2.45, 2.75) is 44.2 Å². The summed E-state index contributed by atoms with van der Waals surface area (Å²) in [5.74, 6) is -1.70. The van der Waals surface area contributed by atoms with Crippen LogP contribution in [-0.2, 0) is 19.1 Å². The Morgan fingerprint density at radius 3 is 1.78 bits per heavy atom. The van der Waals surface area contributed by atoms with Crippen molar-refractivity contribution < 1.29 is 23.9 Å². The van der Waals surface area contributed by atoms with Crippen LogP contribution in [0.5, 0.6) is 0 Å². The Bertz CT molecular complexity index is 1570. The number of hydrogen-bond acceptors (Lipinski definition) is 5. The SMILES string of the molecule is C=CCOC(=O)[C@H](CC(C)C)NC(=O)C(NC(=O)OCC1c2ccccc2-c2ccccc21)C(c1ccccc1)c1ccccc1. The van der Waals surface area contributed by atoms with Gasteiger partial charge in [0.2, 0.25) is 5.91 Å². The molecule has 7 heteroatoms. The minimum absolute atomic E-state index is 0.0291. The second-order valence-electron chi connectivity index (χ2n) is 11.9. The van der Waals surface area contributed by atoms with Gasteiger partial charge in [-0.15, -0.1) is 0 Å². The summed E-state index contributed by atoms with van der Waals surface area (Å²) in [6.45, 7) is 7.66. The summed E-state index contributed by atoms with van der Waals surface area (Å²) in [7, 11) is 0. The van der Waals surface area contributed by atoms with E-state index in [9.17, 15) is 14.4 Å². The molecule has 236 valence electrons. The molecule has 46 heavy (non-hydrogen) atoms. The van der Waals surface area contributed by atoms with Gasteiger partial charge in [0.05, 0.1) is 0 Å². The van der Waals surface area contributed by atoms with Crippen molar-refractivity contribution in [2.75, 3.05) is 13.2 Å². The van der Waals surface area contributed by atoms with Crippen molar-refractivity contribution >= 4 is 18.0 Å². The van der Waals surface area contributed by atoms with Crippen molar-refractivity contribution in [3.8, 4) is 11.1 Å². The van der Waals surface area contributed by atoms with E-state index in [1.54, 1.807) is 0 Å². The van der Waals surface area contributed by atoms with Gasteiger partial charge in [-0.05, 0) is 45.7 Å². The minimum Gasteiger partial charge on any atom is -0.460 e. The number of nitrogens with one attached hydrogen (secondary N) is 2. The van der Waals surface area contributed by atoms with E-state index in [-0.39, 0.29) is 25.0 Å². The molecule has 1 aliphatic rings. The number of amides is 2. The van der Waals surface area contributed by atoms with Crippen LogP contribution in [0, 0.1) is 5.92 Å². The highest BCUT2D eigenvalue weighted by Gasteiger charge is 2.36. The molecule has 0 saturated carbocycles. The van der Waals surface area contributed by atoms with Gasteiger partial charge in [-0.3, -0.25) is 4.79 Å². The summed E-state index contributed by atoms with van der Waals surface area (Å²) >= 11 is 0. The maximum Gasteiger partial charge on any atom is 0.407 e. The summed E-state index contributed by atoms with van der Waals surface area (Å²) in [4.78, 5) is 40.8. The molecule has 0 aliphatic heterocycles. The van der Waals surface area contributed by atoms with Gasteiger partial charge in [0, 0.05) is 11.8 Å². The Kier molecular flexibility index (Phi) is 10.7. The lowest BCUT2D eigenvalue weighted by Crippen LogP contribution is -2.54. The maximum atomic E-state index is 14.2. The van der Waals surface area contributed by atoms with Gasteiger partial charge in [0.1, 0.15) is 25.3 Å². The Morgan fingerprint density at radius 1 is 0.739 bits per heavy atom. The Hall–Kier alpha value is -5.17. The lowest BCUT2D eigenvalue weighted by molar-refractivity contribution is -0.147. The van der Waals surface area contributed by atoms with Crippen molar-refractivity contribution in [3.63, 3.8) is 0 Å². The van der Waals surface area contributed by atoms with Crippen LogP contribution in [0.4, 0.5) is 4.79 Å². The number of carbonyl (C=O) groups is 3. The smallest absolute Gasteiger partial charge is 0.407 e. The van der Waals surface area contributed by atoms with Crippen molar-refractivity contribution in [2.24, 2.45) is 5.92 Å². The van der Waals surface area contributed by atoms with Crippen LogP contribution in [0.25, 0.3) is 11.1 Å². The zero-order valence-corrected chi connectivity index (χ0v) is 26.2. The summed E-state index contributed by atoms with van der Waals surface area (Å²) in [5.41, 5.74) is 6.07. The van der Waals surface area contributed by atoms with Crippen LogP contribution < -0.4 is 10.6 Å². The van der Waals surface area contributed by atoms with Gasteiger partial charge in [-0.2, -0.15) is 0 Å². The quantitative estimate of drug-likeness (QED) is 0.125. The van der Waals surface area contributed by atoms with Gasteiger partial charge in [-0.25, -0.2) is 9.59 Å². The van der Waals surface area contributed by atoms with Gasteiger partial charge in [0.25, 0.3) is 0 Å². The highest BCUT2D eigenvalue weighted by atomic mass is 16.5. The number of carbonyl (C=O) groups excluding carboxylic acids is 3. The van der Waals surface area contributed by atoms with Gasteiger partial charge < -0.3 is 20.1 Å². The topological polar surface area (TPSA) is 93.7 Å². The van der Waals surface area contributed by atoms with Crippen LogP contribution in [0.2, 0.25) is 0 Å². The molecule has 7 nitrogen and oxygen atoms in total. The Balaban J connectivity index is 1.43. The largest absolute Gasteiger partial charge is 0.460 e. The van der Waals surface area contributed by atoms with Crippen LogP contribution in [0.15, 0.2) is 122 Å². The molecule has 1 aliphatic carbocycles. The molecule has 1 unspecified atom stereocenters. The summed E-state index contributed by atoms with van der Waals surface area (Å²) in [6.07, 6.45) is 1.11. The van der Waals surface area contributed by atoms with E-state index in [4.69, 9.17) is 9.47 Å². The van der Waals surface area contributed by atoms with E-state index in [2.05, 4.69) is 41.5 Å². The first kappa shape index (κ1) is 32.2. The molecular formula is C39H40N2O5.